The van der Waals surface area contributed by atoms with Gasteiger partial charge in [0.25, 0.3) is 0 Å². The Morgan fingerprint density at radius 2 is 1.53 bits per heavy atom. The van der Waals surface area contributed by atoms with E-state index in [1.807, 2.05) is 23.1 Å². The predicted molar refractivity (Wildman–Crippen MR) is 130 cm³/mol. The van der Waals surface area contributed by atoms with Crippen LogP contribution < -0.4 is 0 Å². The Kier molecular flexibility index (Phi) is 6.61. The van der Waals surface area contributed by atoms with E-state index in [2.05, 4.69) is 22.2 Å². The van der Waals surface area contributed by atoms with Crippen molar-refractivity contribution in [3.8, 4) is 0 Å². The molecule has 5 rings (SSSR count). The van der Waals surface area contributed by atoms with Crippen LogP contribution in [0.15, 0.2) is 85.2 Å². The van der Waals surface area contributed by atoms with Crippen LogP contribution in [0.25, 0.3) is 0 Å². The van der Waals surface area contributed by atoms with Crippen LogP contribution >= 0.6 is 0 Å². The van der Waals surface area contributed by atoms with Crippen molar-refractivity contribution in [2.24, 2.45) is 0 Å². The summed E-state index contributed by atoms with van der Waals surface area (Å²) in [6.45, 7) is 0.603. The molecule has 184 valence electrons. The highest BCUT2D eigenvalue weighted by Crippen LogP contribution is 2.35. The van der Waals surface area contributed by atoms with Crippen molar-refractivity contribution in [3.63, 3.8) is 0 Å². The molecule has 2 heterocycles. The molecule has 0 radical (unpaired) electrons. The highest BCUT2D eigenvalue weighted by atomic mass is 19.1. The van der Waals surface area contributed by atoms with Gasteiger partial charge in [0.1, 0.15) is 18.0 Å². The van der Waals surface area contributed by atoms with E-state index in [1.54, 1.807) is 0 Å². The van der Waals surface area contributed by atoms with Gasteiger partial charge in [0.2, 0.25) is 0 Å². The number of aromatic nitrogens is 3. The SMILES string of the molecule is O=C(N1CCCC[C@@H]1Cc1ccccc1)n1cnc(C(O)(c2ccc(F)cc2)c2ccc(F)cc2)n1. The van der Waals surface area contributed by atoms with Gasteiger partial charge in [-0.2, -0.15) is 4.68 Å². The smallest absolute Gasteiger partial charge is 0.346 e. The van der Waals surface area contributed by atoms with Crippen LogP contribution in [0.3, 0.4) is 0 Å². The largest absolute Gasteiger partial charge is 0.373 e. The maximum Gasteiger partial charge on any atom is 0.346 e. The Morgan fingerprint density at radius 3 is 2.14 bits per heavy atom. The van der Waals surface area contributed by atoms with Crippen molar-refractivity contribution in [1.29, 1.82) is 0 Å². The standard InChI is InChI=1S/C28H26F2N4O2/c29-23-13-9-21(10-14-23)28(36,22-11-15-24(30)16-12-22)26-31-19-34(32-26)27(35)33-17-5-4-8-25(33)18-20-6-2-1-3-7-20/h1-3,6-7,9-16,19,25,36H,4-5,8,17-18H2/t25-/m1/s1. The lowest BCUT2D eigenvalue weighted by atomic mass is 9.85. The quantitative estimate of drug-likeness (QED) is 0.434. The Balaban J connectivity index is 1.48. The van der Waals surface area contributed by atoms with E-state index in [-0.39, 0.29) is 17.9 Å². The van der Waals surface area contributed by atoms with Crippen molar-refractivity contribution < 1.29 is 18.7 Å². The summed E-state index contributed by atoms with van der Waals surface area (Å²) in [6.07, 6.45) is 4.84. The van der Waals surface area contributed by atoms with Crippen LogP contribution in [0.1, 0.15) is 41.8 Å². The van der Waals surface area contributed by atoms with Gasteiger partial charge in [0.15, 0.2) is 11.4 Å². The first-order valence-corrected chi connectivity index (χ1v) is 12.0. The van der Waals surface area contributed by atoms with Gasteiger partial charge in [-0.15, -0.1) is 5.10 Å². The number of halogens is 2. The number of hydrogen-bond donors (Lipinski definition) is 1. The van der Waals surface area contributed by atoms with Crippen LogP contribution in [0.5, 0.6) is 0 Å². The molecule has 1 aliphatic rings. The average Bonchev–Trinajstić information content (AvgIpc) is 3.41. The second-order valence-corrected chi connectivity index (χ2v) is 9.05. The summed E-state index contributed by atoms with van der Waals surface area (Å²) in [5.74, 6) is -1.00. The van der Waals surface area contributed by atoms with Gasteiger partial charge in [-0.3, -0.25) is 0 Å². The third-order valence-corrected chi connectivity index (χ3v) is 6.72. The van der Waals surface area contributed by atoms with Crippen molar-refractivity contribution in [2.45, 2.75) is 37.3 Å². The van der Waals surface area contributed by atoms with Crippen LogP contribution in [0.2, 0.25) is 0 Å². The molecule has 1 amide bonds. The van der Waals surface area contributed by atoms with Gasteiger partial charge in [-0.1, -0.05) is 54.6 Å². The number of hydrogen-bond acceptors (Lipinski definition) is 4. The molecule has 1 saturated heterocycles. The molecule has 8 heteroatoms. The van der Waals surface area contributed by atoms with Gasteiger partial charge in [-0.25, -0.2) is 18.6 Å². The first-order chi connectivity index (χ1) is 17.4. The Labute approximate surface area is 207 Å². The maximum absolute atomic E-state index is 13.6. The average molecular weight is 489 g/mol. The number of carbonyl (C=O) groups excluding carboxylic acids is 1. The fourth-order valence-corrected chi connectivity index (χ4v) is 4.81. The number of piperidine rings is 1. The molecule has 0 aliphatic carbocycles. The molecular weight excluding hydrogens is 462 g/mol. The van der Waals surface area contributed by atoms with Crippen LogP contribution in [-0.4, -0.2) is 43.4 Å². The van der Waals surface area contributed by atoms with E-state index < -0.39 is 17.2 Å². The highest BCUT2D eigenvalue weighted by Gasteiger charge is 2.39. The van der Waals surface area contributed by atoms with Gasteiger partial charge in [0.05, 0.1) is 0 Å². The summed E-state index contributed by atoms with van der Waals surface area (Å²) in [7, 11) is 0. The predicted octanol–water partition coefficient (Wildman–Crippen LogP) is 4.91. The highest BCUT2D eigenvalue weighted by molar-refractivity contribution is 5.76. The molecule has 1 atom stereocenters. The van der Waals surface area contributed by atoms with Gasteiger partial charge < -0.3 is 10.0 Å². The molecule has 36 heavy (non-hydrogen) atoms. The fraction of sp³-hybridized carbons (Fsp3) is 0.250. The molecule has 1 aromatic heterocycles. The molecule has 4 aromatic rings. The number of amides is 1. The fourth-order valence-electron chi connectivity index (χ4n) is 4.81. The van der Waals surface area contributed by atoms with Crippen molar-refractivity contribution in [3.05, 3.63) is 119 Å². The van der Waals surface area contributed by atoms with Crippen LogP contribution in [0.4, 0.5) is 13.6 Å². The van der Waals surface area contributed by atoms with E-state index in [4.69, 9.17) is 0 Å². The number of rotatable bonds is 5. The lowest BCUT2D eigenvalue weighted by Crippen LogP contribution is -2.47. The molecule has 0 spiro atoms. The normalized spacial score (nSPS) is 16.2. The zero-order valence-corrected chi connectivity index (χ0v) is 19.6. The van der Waals surface area contributed by atoms with Crippen molar-refractivity contribution in [2.75, 3.05) is 6.54 Å². The second-order valence-electron chi connectivity index (χ2n) is 9.05. The minimum Gasteiger partial charge on any atom is -0.373 e. The number of aliphatic hydroxyl groups is 1. The van der Waals surface area contributed by atoms with E-state index in [9.17, 15) is 18.7 Å². The molecule has 0 unspecified atom stereocenters. The van der Waals surface area contributed by atoms with E-state index in [0.717, 1.165) is 35.9 Å². The summed E-state index contributed by atoms with van der Waals surface area (Å²) in [5.41, 5.74) is -0.178. The second kappa shape index (κ2) is 9.99. The zero-order valence-electron chi connectivity index (χ0n) is 19.6. The summed E-state index contributed by atoms with van der Waals surface area (Å²) in [5, 5.41) is 16.2. The van der Waals surface area contributed by atoms with Crippen molar-refractivity contribution >= 4 is 6.03 Å². The lowest BCUT2D eigenvalue weighted by Gasteiger charge is -2.35. The van der Waals surface area contributed by atoms with E-state index in [0.29, 0.717) is 17.7 Å². The summed E-state index contributed by atoms with van der Waals surface area (Å²) in [4.78, 5) is 19.6. The lowest BCUT2D eigenvalue weighted by molar-refractivity contribution is 0.114. The van der Waals surface area contributed by atoms with E-state index >= 15 is 0 Å². The number of likely N-dealkylation sites (tertiary alicyclic amines) is 1. The third kappa shape index (κ3) is 4.64. The topological polar surface area (TPSA) is 71.2 Å². The summed E-state index contributed by atoms with van der Waals surface area (Å²) >= 11 is 0. The van der Waals surface area contributed by atoms with Gasteiger partial charge in [-0.05, 0) is 66.6 Å². The zero-order chi connectivity index (χ0) is 25.1. The third-order valence-electron chi connectivity index (χ3n) is 6.72. The minimum absolute atomic E-state index is 0.0226. The van der Waals surface area contributed by atoms with Crippen molar-refractivity contribution in [1.82, 2.24) is 19.7 Å². The first-order valence-electron chi connectivity index (χ1n) is 12.0. The minimum atomic E-state index is -1.92. The first kappa shape index (κ1) is 23.8. The monoisotopic (exact) mass is 488 g/mol. The Bertz CT molecular complexity index is 1280. The number of nitrogens with zero attached hydrogens (tertiary/aromatic N) is 4. The maximum atomic E-state index is 13.6. The summed E-state index contributed by atoms with van der Waals surface area (Å²) in [6, 6.07) is 20.3. The molecule has 0 bridgehead atoms. The molecule has 6 nitrogen and oxygen atoms in total. The molecule has 1 N–H and O–H groups in total. The number of benzene rings is 3. The molecule has 0 saturated carbocycles. The summed E-state index contributed by atoms with van der Waals surface area (Å²) < 4.78 is 28.4. The molecule has 1 aliphatic heterocycles. The molecular formula is C28H26F2N4O2. The van der Waals surface area contributed by atoms with E-state index in [1.165, 1.54) is 54.9 Å². The Morgan fingerprint density at radius 1 is 0.917 bits per heavy atom. The molecule has 3 aromatic carbocycles. The van der Waals surface area contributed by atoms with Crippen LogP contribution in [0, 0.1) is 11.6 Å². The van der Waals surface area contributed by atoms with Crippen LogP contribution in [-0.2, 0) is 12.0 Å². The Hall–Kier alpha value is -3.91. The molecule has 1 fully saturated rings. The van der Waals surface area contributed by atoms with Gasteiger partial charge >= 0.3 is 6.03 Å². The number of carbonyl (C=O) groups is 1. The van der Waals surface area contributed by atoms with Gasteiger partial charge in [0, 0.05) is 12.6 Å².